The van der Waals surface area contributed by atoms with Gasteiger partial charge in [0.05, 0.1) is 6.54 Å². The Kier molecular flexibility index (Phi) is 8.21. The number of aliphatic imine (C=N–C) groups is 1. The molecule has 0 aliphatic carbocycles. The molecule has 2 heterocycles. The van der Waals surface area contributed by atoms with Gasteiger partial charge in [0.25, 0.3) is 0 Å². The van der Waals surface area contributed by atoms with Crippen molar-refractivity contribution in [2.75, 3.05) is 26.7 Å². The smallest absolute Gasteiger partial charge is 0.217 e. The van der Waals surface area contributed by atoms with E-state index in [2.05, 4.69) is 20.3 Å². The second kappa shape index (κ2) is 9.65. The highest BCUT2D eigenvalue weighted by molar-refractivity contribution is 14.0. The van der Waals surface area contributed by atoms with Crippen LogP contribution >= 0.6 is 24.0 Å². The van der Waals surface area contributed by atoms with Crippen molar-refractivity contribution >= 4 is 35.8 Å². The monoisotopic (exact) mass is 420 g/mol. The van der Waals surface area contributed by atoms with E-state index in [1.54, 1.807) is 13.2 Å². The van der Waals surface area contributed by atoms with Gasteiger partial charge in [-0.05, 0) is 24.8 Å². The molecular formula is C14H25IN6O. The van der Waals surface area contributed by atoms with Gasteiger partial charge in [0.2, 0.25) is 5.91 Å². The van der Waals surface area contributed by atoms with Crippen molar-refractivity contribution in [2.24, 2.45) is 16.6 Å². The number of hydrogen-bond donors (Lipinski definition) is 2. The van der Waals surface area contributed by atoms with Crippen LogP contribution in [-0.4, -0.2) is 53.2 Å². The molecule has 0 spiro atoms. The molecule has 1 aliphatic rings. The number of nitrogens with zero attached hydrogens (tertiary/aromatic N) is 4. The summed E-state index contributed by atoms with van der Waals surface area (Å²) in [5.74, 6) is 1.00. The molecular weight excluding hydrogens is 395 g/mol. The van der Waals surface area contributed by atoms with Gasteiger partial charge in [0, 0.05) is 45.5 Å². The lowest BCUT2D eigenvalue weighted by atomic mass is 9.95. The SMILES string of the molecule is CN=C(NCCn1cccn1)N1CCCC(CC(N)=O)C1.I. The molecule has 0 radical (unpaired) electrons. The Morgan fingerprint density at radius 2 is 2.36 bits per heavy atom. The number of halogens is 1. The van der Waals surface area contributed by atoms with Crippen LogP contribution in [0.2, 0.25) is 0 Å². The number of nitrogens with two attached hydrogens (primary N) is 1. The number of rotatable bonds is 5. The number of hydrogen-bond acceptors (Lipinski definition) is 3. The Labute approximate surface area is 148 Å². The van der Waals surface area contributed by atoms with Gasteiger partial charge in [-0.2, -0.15) is 5.10 Å². The normalized spacial score (nSPS) is 18.7. The molecule has 1 unspecified atom stereocenters. The van der Waals surface area contributed by atoms with Crippen molar-refractivity contribution in [3.05, 3.63) is 18.5 Å². The lowest BCUT2D eigenvalue weighted by molar-refractivity contribution is -0.119. The zero-order valence-electron chi connectivity index (χ0n) is 12.9. The summed E-state index contributed by atoms with van der Waals surface area (Å²) in [6.07, 6.45) is 6.30. The van der Waals surface area contributed by atoms with Gasteiger partial charge < -0.3 is 16.0 Å². The minimum Gasteiger partial charge on any atom is -0.370 e. The maximum absolute atomic E-state index is 11.1. The minimum absolute atomic E-state index is 0. The van der Waals surface area contributed by atoms with Gasteiger partial charge in [-0.3, -0.25) is 14.5 Å². The Balaban J connectivity index is 0.00000242. The molecule has 0 aromatic carbocycles. The largest absolute Gasteiger partial charge is 0.370 e. The van der Waals surface area contributed by atoms with Crippen LogP contribution < -0.4 is 11.1 Å². The fourth-order valence-corrected chi connectivity index (χ4v) is 2.76. The van der Waals surface area contributed by atoms with E-state index < -0.39 is 0 Å². The molecule has 1 aromatic rings. The molecule has 7 nitrogen and oxygen atoms in total. The number of primary amides is 1. The molecule has 1 fully saturated rings. The van der Waals surface area contributed by atoms with Crippen LogP contribution in [0.5, 0.6) is 0 Å². The van der Waals surface area contributed by atoms with E-state index in [1.807, 2.05) is 16.9 Å². The van der Waals surface area contributed by atoms with Gasteiger partial charge in [0.15, 0.2) is 5.96 Å². The maximum atomic E-state index is 11.1. The molecule has 1 atom stereocenters. The van der Waals surface area contributed by atoms with E-state index in [4.69, 9.17) is 5.73 Å². The van der Waals surface area contributed by atoms with Crippen LogP contribution in [0.15, 0.2) is 23.5 Å². The third kappa shape index (κ3) is 5.82. The number of likely N-dealkylation sites (tertiary alicyclic amines) is 1. The standard InChI is InChI=1S/C14H24N6O.HI/c1-16-14(17-6-9-20-8-3-5-18-20)19-7-2-4-12(11-19)10-13(15)21;/h3,5,8,12H,2,4,6-7,9-11H2,1H3,(H2,15,21)(H,16,17);1H. The van der Waals surface area contributed by atoms with Crippen molar-refractivity contribution in [3.8, 4) is 0 Å². The number of aromatic nitrogens is 2. The van der Waals surface area contributed by atoms with Crippen LogP contribution in [0.25, 0.3) is 0 Å². The summed E-state index contributed by atoms with van der Waals surface area (Å²) >= 11 is 0. The van der Waals surface area contributed by atoms with E-state index >= 15 is 0 Å². The second-order valence-electron chi connectivity index (χ2n) is 5.37. The van der Waals surface area contributed by atoms with Gasteiger partial charge >= 0.3 is 0 Å². The predicted molar refractivity (Wildman–Crippen MR) is 97.1 cm³/mol. The fraction of sp³-hybridized carbons (Fsp3) is 0.643. The minimum atomic E-state index is -0.219. The lowest BCUT2D eigenvalue weighted by Crippen LogP contribution is -2.47. The molecule has 124 valence electrons. The predicted octanol–water partition coefficient (Wildman–Crippen LogP) is 0.664. The zero-order chi connectivity index (χ0) is 15.1. The van der Waals surface area contributed by atoms with E-state index in [0.29, 0.717) is 12.3 Å². The molecule has 1 amide bonds. The summed E-state index contributed by atoms with van der Waals surface area (Å²) in [5, 5.41) is 7.52. The first-order valence-corrected chi connectivity index (χ1v) is 7.40. The molecule has 22 heavy (non-hydrogen) atoms. The third-order valence-corrected chi connectivity index (χ3v) is 3.70. The fourth-order valence-electron chi connectivity index (χ4n) is 2.76. The summed E-state index contributed by atoms with van der Waals surface area (Å²) in [7, 11) is 1.79. The number of piperidine rings is 1. The van der Waals surface area contributed by atoms with E-state index in [1.165, 1.54) is 0 Å². The first-order chi connectivity index (χ1) is 10.2. The average molecular weight is 420 g/mol. The summed E-state index contributed by atoms with van der Waals surface area (Å²) in [4.78, 5) is 17.6. The van der Waals surface area contributed by atoms with E-state index in [0.717, 1.165) is 45.0 Å². The van der Waals surface area contributed by atoms with Crippen molar-refractivity contribution in [1.29, 1.82) is 0 Å². The van der Waals surface area contributed by atoms with Gasteiger partial charge in [-0.1, -0.05) is 0 Å². The number of guanidine groups is 1. The van der Waals surface area contributed by atoms with E-state index in [9.17, 15) is 4.79 Å². The average Bonchev–Trinajstić information content (AvgIpc) is 2.96. The molecule has 2 rings (SSSR count). The lowest BCUT2D eigenvalue weighted by Gasteiger charge is -2.34. The van der Waals surface area contributed by atoms with Crippen LogP contribution in [0, 0.1) is 5.92 Å². The maximum Gasteiger partial charge on any atom is 0.217 e. The Bertz CT molecular complexity index is 476. The molecule has 0 bridgehead atoms. The van der Waals surface area contributed by atoms with Crippen LogP contribution in [-0.2, 0) is 11.3 Å². The number of carbonyl (C=O) groups excluding carboxylic acids is 1. The molecule has 1 aliphatic heterocycles. The Morgan fingerprint density at radius 1 is 1.55 bits per heavy atom. The van der Waals surface area contributed by atoms with Crippen LogP contribution in [0.3, 0.4) is 0 Å². The van der Waals surface area contributed by atoms with Crippen molar-refractivity contribution < 1.29 is 4.79 Å². The Morgan fingerprint density at radius 3 is 3.00 bits per heavy atom. The van der Waals surface area contributed by atoms with E-state index in [-0.39, 0.29) is 29.9 Å². The van der Waals surface area contributed by atoms with Crippen molar-refractivity contribution in [2.45, 2.75) is 25.8 Å². The second-order valence-corrected chi connectivity index (χ2v) is 5.37. The topological polar surface area (TPSA) is 88.5 Å². The summed E-state index contributed by atoms with van der Waals surface area (Å²) in [6.45, 7) is 3.37. The Hall–Kier alpha value is -1.32. The van der Waals surface area contributed by atoms with Gasteiger partial charge in [-0.15, -0.1) is 24.0 Å². The number of nitrogens with one attached hydrogen (secondary N) is 1. The highest BCUT2D eigenvalue weighted by Gasteiger charge is 2.23. The van der Waals surface area contributed by atoms with Crippen LogP contribution in [0.1, 0.15) is 19.3 Å². The highest BCUT2D eigenvalue weighted by atomic mass is 127. The summed E-state index contributed by atoms with van der Waals surface area (Å²) in [6, 6.07) is 1.91. The summed E-state index contributed by atoms with van der Waals surface area (Å²) < 4.78 is 1.88. The molecule has 0 saturated carbocycles. The van der Waals surface area contributed by atoms with Crippen molar-refractivity contribution in [3.63, 3.8) is 0 Å². The molecule has 1 aromatic heterocycles. The molecule has 8 heteroatoms. The zero-order valence-corrected chi connectivity index (χ0v) is 15.3. The van der Waals surface area contributed by atoms with Gasteiger partial charge in [-0.25, -0.2) is 0 Å². The van der Waals surface area contributed by atoms with Crippen molar-refractivity contribution in [1.82, 2.24) is 20.0 Å². The third-order valence-electron chi connectivity index (χ3n) is 3.70. The summed E-state index contributed by atoms with van der Waals surface area (Å²) in [5.41, 5.74) is 5.30. The quantitative estimate of drug-likeness (QED) is 0.416. The van der Waals surface area contributed by atoms with Crippen LogP contribution in [0.4, 0.5) is 0 Å². The highest BCUT2D eigenvalue weighted by Crippen LogP contribution is 2.19. The first kappa shape index (κ1) is 18.7. The first-order valence-electron chi connectivity index (χ1n) is 7.40. The number of carbonyl (C=O) groups is 1. The van der Waals surface area contributed by atoms with Gasteiger partial charge in [0.1, 0.15) is 0 Å². The number of amides is 1. The molecule has 3 N–H and O–H groups in total. The molecule has 1 saturated heterocycles.